The molecule has 0 atom stereocenters. The van der Waals surface area contributed by atoms with Gasteiger partial charge in [0.15, 0.2) is 0 Å². The summed E-state index contributed by atoms with van der Waals surface area (Å²) in [6.45, 7) is 0. The van der Waals surface area contributed by atoms with Crippen LogP contribution >= 0.6 is 11.8 Å². The van der Waals surface area contributed by atoms with Crippen LogP contribution in [0.4, 0.5) is 0 Å². The Morgan fingerprint density at radius 1 is 1.28 bits per heavy atom. The highest BCUT2D eigenvalue weighted by atomic mass is 32.2. The minimum absolute atomic E-state index is 0.149. The van der Waals surface area contributed by atoms with Crippen LogP contribution in [0, 0.1) is 0 Å². The third-order valence-corrected chi connectivity index (χ3v) is 5.40. The number of hydrogen-bond donors (Lipinski definition) is 1. The van der Waals surface area contributed by atoms with Gasteiger partial charge in [0.05, 0.1) is 6.42 Å². The molecule has 1 spiro atoms. The number of benzene rings is 1. The van der Waals surface area contributed by atoms with Crippen LogP contribution in [-0.2, 0) is 23.1 Å². The van der Waals surface area contributed by atoms with Crippen molar-refractivity contribution >= 4 is 17.7 Å². The predicted octanol–water partition coefficient (Wildman–Crippen LogP) is 3.02. The van der Waals surface area contributed by atoms with E-state index in [1.54, 1.807) is 0 Å². The second-order valence-electron chi connectivity index (χ2n) is 5.45. The second-order valence-corrected chi connectivity index (χ2v) is 6.68. The molecule has 0 amide bonds. The molecule has 0 bridgehead atoms. The van der Waals surface area contributed by atoms with Gasteiger partial charge in [-0.3, -0.25) is 4.79 Å². The van der Waals surface area contributed by atoms with Crippen molar-refractivity contribution in [1.82, 2.24) is 0 Å². The molecule has 0 aromatic heterocycles. The van der Waals surface area contributed by atoms with Crippen molar-refractivity contribution in [1.29, 1.82) is 0 Å². The fraction of sp³-hybridized carbons (Fsp3) is 0.533. The van der Waals surface area contributed by atoms with Crippen LogP contribution in [0.1, 0.15) is 36.0 Å². The van der Waals surface area contributed by atoms with Crippen LogP contribution in [0.3, 0.4) is 0 Å². The molecule has 1 aromatic rings. The monoisotopic (exact) mass is 262 g/mol. The molecule has 0 unspecified atom stereocenters. The van der Waals surface area contributed by atoms with E-state index < -0.39 is 5.97 Å². The highest BCUT2D eigenvalue weighted by Crippen LogP contribution is 2.47. The maximum Gasteiger partial charge on any atom is 0.307 e. The summed E-state index contributed by atoms with van der Waals surface area (Å²) in [7, 11) is 0. The van der Waals surface area contributed by atoms with E-state index >= 15 is 0 Å². The minimum atomic E-state index is -0.739. The Hall–Kier alpha value is -0.960. The number of hydrogen-bond acceptors (Lipinski definition) is 2. The van der Waals surface area contributed by atoms with Gasteiger partial charge in [-0.2, -0.15) is 11.8 Å². The van der Waals surface area contributed by atoms with E-state index in [0.717, 1.165) is 12.0 Å². The average Bonchev–Trinajstić information content (AvgIpc) is 2.68. The van der Waals surface area contributed by atoms with Crippen molar-refractivity contribution < 1.29 is 9.90 Å². The predicted molar refractivity (Wildman–Crippen MR) is 74.3 cm³/mol. The van der Waals surface area contributed by atoms with E-state index in [-0.39, 0.29) is 6.42 Å². The van der Waals surface area contributed by atoms with Gasteiger partial charge in [-0.05, 0) is 59.3 Å². The lowest BCUT2D eigenvalue weighted by molar-refractivity contribution is -0.136. The molecule has 2 nitrogen and oxygen atoms in total. The maximum absolute atomic E-state index is 10.8. The summed E-state index contributed by atoms with van der Waals surface area (Å²) in [6.07, 6.45) is 5.13. The molecule has 1 aromatic carbocycles. The zero-order valence-corrected chi connectivity index (χ0v) is 11.3. The smallest absolute Gasteiger partial charge is 0.307 e. The van der Waals surface area contributed by atoms with Gasteiger partial charge >= 0.3 is 5.97 Å². The molecule has 1 saturated heterocycles. The molecule has 1 aliphatic heterocycles. The van der Waals surface area contributed by atoms with Crippen molar-refractivity contribution in [3.8, 4) is 0 Å². The third kappa shape index (κ3) is 2.05. The molecular weight excluding hydrogens is 244 g/mol. The van der Waals surface area contributed by atoms with Gasteiger partial charge in [-0.15, -0.1) is 0 Å². The van der Waals surface area contributed by atoms with Gasteiger partial charge in [0.25, 0.3) is 0 Å². The number of aryl methyl sites for hydroxylation is 1. The number of thioether (sulfide) groups is 1. The fourth-order valence-corrected chi connectivity index (χ4v) is 4.72. The van der Waals surface area contributed by atoms with E-state index in [1.807, 2.05) is 6.07 Å². The van der Waals surface area contributed by atoms with Gasteiger partial charge in [0.1, 0.15) is 0 Å². The van der Waals surface area contributed by atoms with Crippen molar-refractivity contribution in [3.63, 3.8) is 0 Å². The SMILES string of the molecule is O=C(O)Cc1ccc2c(c1)CCC21CCSCC1. The van der Waals surface area contributed by atoms with Gasteiger partial charge in [0.2, 0.25) is 0 Å². The van der Waals surface area contributed by atoms with E-state index in [9.17, 15) is 4.79 Å². The third-order valence-electron chi connectivity index (χ3n) is 4.42. The van der Waals surface area contributed by atoms with E-state index in [4.69, 9.17) is 5.11 Å². The van der Waals surface area contributed by atoms with Crippen LogP contribution in [0.25, 0.3) is 0 Å². The van der Waals surface area contributed by atoms with Crippen LogP contribution in [0.2, 0.25) is 0 Å². The Labute approximate surface area is 112 Å². The topological polar surface area (TPSA) is 37.3 Å². The Bertz CT molecular complexity index is 475. The number of aliphatic carboxylic acids is 1. The fourth-order valence-electron chi connectivity index (χ4n) is 3.45. The molecule has 96 valence electrons. The van der Waals surface area contributed by atoms with Crippen molar-refractivity contribution in [2.45, 2.75) is 37.5 Å². The van der Waals surface area contributed by atoms with Crippen molar-refractivity contribution in [2.24, 2.45) is 0 Å². The molecule has 2 aliphatic rings. The van der Waals surface area contributed by atoms with Crippen LogP contribution < -0.4 is 0 Å². The minimum Gasteiger partial charge on any atom is -0.481 e. The molecular formula is C15H18O2S. The maximum atomic E-state index is 10.8. The summed E-state index contributed by atoms with van der Waals surface area (Å²) in [5, 5.41) is 8.85. The van der Waals surface area contributed by atoms with Crippen LogP contribution in [0.15, 0.2) is 18.2 Å². The lowest BCUT2D eigenvalue weighted by Crippen LogP contribution is -2.28. The molecule has 1 N–H and O–H groups in total. The first-order valence-electron chi connectivity index (χ1n) is 6.61. The highest BCUT2D eigenvalue weighted by Gasteiger charge is 2.39. The molecule has 1 heterocycles. The van der Waals surface area contributed by atoms with Crippen molar-refractivity contribution in [3.05, 3.63) is 34.9 Å². The lowest BCUT2D eigenvalue weighted by atomic mass is 9.76. The molecule has 3 rings (SSSR count). The summed E-state index contributed by atoms with van der Waals surface area (Å²) in [5.74, 6) is 1.81. The van der Waals surface area contributed by atoms with Crippen molar-refractivity contribution in [2.75, 3.05) is 11.5 Å². The average molecular weight is 262 g/mol. The first-order chi connectivity index (χ1) is 8.70. The number of carboxylic acid groups (broad SMARTS) is 1. The zero-order valence-electron chi connectivity index (χ0n) is 10.4. The first-order valence-corrected chi connectivity index (χ1v) is 7.77. The second kappa shape index (κ2) is 4.61. The van der Waals surface area contributed by atoms with E-state index in [0.29, 0.717) is 5.41 Å². The Kier molecular flexibility index (Phi) is 3.10. The zero-order chi connectivity index (χ0) is 12.6. The summed E-state index contributed by atoms with van der Waals surface area (Å²) in [5.41, 5.74) is 4.28. The van der Waals surface area contributed by atoms with Crippen LogP contribution in [-0.4, -0.2) is 22.6 Å². The molecule has 3 heteroatoms. The lowest BCUT2D eigenvalue weighted by Gasteiger charge is -2.34. The number of carbonyl (C=O) groups is 1. The van der Waals surface area contributed by atoms with Crippen LogP contribution in [0.5, 0.6) is 0 Å². The first kappa shape index (κ1) is 12.1. The molecule has 1 fully saturated rings. The summed E-state index contributed by atoms with van der Waals surface area (Å²) in [6, 6.07) is 6.35. The summed E-state index contributed by atoms with van der Waals surface area (Å²) >= 11 is 2.06. The Balaban J connectivity index is 1.91. The van der Waals surface area contributed by atoms with Gasteiger partial charge in [-0.1, -0.05) is 18.2 Å². The molecule has 0 radical (unpaired) electrons. The largest absolute Gasteiger partial charge is 0.481 e. The van der Waals surface area contributed by atoms with E-state index in [1.165, 1.54) is 41.9 Å². The summed E-state index contributed by atoms with van der Waals surface area (Å²) in [4.78, 5) is 10.8. The molecule has 18 heavy (non-hydrogen) atoms. The quantitative estimate of drug-likeness (QED) is 0.890. The van der Waals surface area contributed by atoms with Gasteiger partial charge < -0.3 is 5.11 Å². The number of fused-ring (bicyclic) bond motifs is 2. The Morgan fingerprint density at radius 2 is 2.06 bits per heavy atom. The Morgan fingerprint density at radius 3 is 2.78 bits per heavy atom. The number of rotatable bonds is 2. The molecule has 0 saturated carbocycles. The highest BCUT2D eigenvalue weighted by molar-refractivity contribution is 7.99. The summed E-state index contributed by atoms with van der Waals surface area (Å²) < 4.78 is 0. The number of carboxylic acids is 1. The standard InChI is InChI=1S/C15H18O2S/c16-14(17)10-11-1-2-13-12(9-11)3-4-15(13)5-7-18-8-6-15/h1-2,9H,3-8,10H2,(H,16,17). The van der Waals surface area contributed by atoms with Gasteiger partial charge in [0, 0.05) is 0 Å². The van der Waals surface area contributed by atoms with Gasteiger partial charge in [-0.25, -0.2) is 0 Å². The van der Waals surface area contributed by atoms with E-state index in [2.05, 4.69) is 23.9 Å². The molecule has 1 aliphatic carbocycles. The normalized spacial score (nSPS) is 20.9.